The molecule has 0 aliphatic rings. The highest BCUT2D eigenvalue weighted by Gasteiger charge is 2.01. The fraction of sp³-hybridized carbons (Fsp3) is 0.800. The molecule has 0 rings (SSSR count). The topological polar surface area (TPSA) is 78.4 Å². The van der Waals surface area contributed by atoms with Crippen molar-refractivity contribution in [2.45, 2.75) is 33.1 Å². The van der Waals surface area contributed by atoms with Crippen molar-refractivity contribution in [3.8, 4) is 0 Å². The van der Waals surface area contributed by atoms with Crippen LogP contribution in [0.1, 0.15) is 33.1 Å². The lowest BCUT2D eigenvalue weighted by molar-refractivity contribution is -0.137. The van der Waals surface area contributed by atoms with Crippen LogP contribution in [0.25, 0.3) is 0 Å². The lowest BCUT2D eigenvalue weighted by atomic mass is 10.1. The number of hydrogen-bond donors (Lipinski definition) is 3. The highest BCUT2D eigenvalue weighted by molar-refractivity contribution is 5.73. The maximum absolute atomic E-state index is 11.1. The van der Waals surface area contributed by atoms with E-state index in [1.807, 2.05) is 0 Å². The van der Waals surface area contributed by atoms with Crippen LogP contribution in [0.3, 0.4) is 0 Å². The van der Waals surface area contributed by atoms with Crippen LogP contribution in [0.2, 0.25) is 0 Å². The summed E-state index contributed by atoms with van der Waals surface area (Å²) in [6, 6.07) is -0.221. The molecule has 0 atom stereocenters. The van der Waals surface area contributed by atoms with E-state index in [1.165, 1.54) is 0 Å². The van der Waals surface area contributed by atoms with Crippen LogP contribution in [0, 0.1) is 5.92 Å². The normalized spacial score (nSPS) is 10.1. The average molecular weight is 216 g/mol. The zero-order valence-electron chi connectivity index (χ0n) is 9.38. The van der Waals surface area contributed by atoms with Crippen molar-refractivity contribution in [2.24, 2.45) is 5.92 Å². The maximum Gasteiger partial charge on any atom is 0.314 e. The zero-order chi connectivity index (χ0) is 11.7. The molecule has 15 heavy (non-hydrogen) atoms. The molecule has 0 saturated heterocycles. The molecule has 0 heterocycles. The smallest absolute Gasteiger partial charge is 0.314 e. The Morgan fingerprint density at radius 2 is 1.80 bits per heavy atom. The lowest BCUT2D eigenvalue weighted by Crippen LogP contribution is -2.36. The molecule has 0 fully saturated rings. The van der Waals surface area contributed by atoms with Gasteiger partial charge in [0.25, 0.3) is 0 Å². The molecule has 0 saturated carbocycles. The van der Waals surface area contributed by atoms with Gasteiger partial charge in [-0.25, -0.2) is 4.79 Å². The van der Waals surface area contributed by atoms with Gasteiger partial charge in [-0.05, 0) is 18.8 Å². The number of carbonyl (C=O) groups excluding carboxylic acids is 1. The average Bonchev–Trinajstić information content (AvgIpc) is 2.11. The molecule has 0 aliphatic heterocycles. The molecule has 5 nitrogen and oxygen atoms in total. The van der Waals surface area contributed by atoms with E-state index < -0.39 is 5.97 Å². The molecule has 3 N–H and O–H groups in total. The van der Waals surface area contributed by atoms with E-state index in [4.69, 9.17) is 5.11 Å². The second-order valence-electron chi connectivity index (χ2n) is 3.86. The summed E-state index contributed by atoms with van der Waals surface area (Å²) in [5.74, 6) is -0.269. The minimum Gasteiger partial charge on any atom is -0.481 e. The molecule has 0 spiro atoms. The standard InChI is InChI=1S/C10H20N2O3/c1-8(2)5-7-12-10(15)11-6-3-4-9(13)14/h8H,3-7H2,1-2H3,(H,13,14)(H2,11,12,15). The Morgan fingerprint density at radius 3 is 2.33 bits per heavy atom. The van der Waals surface area contributed by atoms with Crippen molar-refractivity contribution < 1.29 is 14.7 Å². The molecule has 0 bridgehead atoms. The Balaban J connectivity index is 3.30. The number of hydrogen-bond acceptors (Lipinski definition) is 2. The van der Waals surface area contributed by atoms with Gasteiger partial charge in [-0.3, -0.25) is 4.79 Å². The maximum atomic E-state index is 11.1. The minimum atomic E-state index is -0.836. The zero-order valence-corrected chi connectivity index (χ0v) is 9.38. The number of amides is 2. The number of carboxylic acid groups (broad SMARTS) is 1. The van der Waals surface area contributed by atoms with Gasteiger partial charge in [0.15, 0.2) is 0 Å². The van der Waals surface area contributed by atoms with E-state index in [2.05, 4.69) is 24.5 Å². The number of nitrogens with one attached hydrogen (secondary N) is 2. The fourth-order valence-electron chi connectivity index (χ4n) is 0.978. The first kappa shape index (κ1) is 13.7. The molecule has 0 aromatic rings. The van der Waals surface area contributed by atoms with Gasteiger partial charge in [-0.1, -0.05) is 13.8 Å². The van der Waals surface area contributed by atoms with Crippen LogP contribution in [-0.2, 0) is 4.79 Å². The summed E-state index contributed by atoms with van der Waals surface area (Å²) < 4.78 is 0. The van der Waals surface area contributed by atoms with Crippen LogP contribution in [0.4, 0.5) is 4.79 Å². The third-order valence-electron chi connectivity index (χ3n) is 1.86. The molecule has 2 amide bonds. The first-order valence-electron chi connectivity index (χ1n) is 5.26. The van der Waals surface area contributed by atoms with Gasteiger partial charge in [-0.2, -0.15) is 0 Å². The first-order chi connectivity index (χ1) is 7.02. The second kappa shape index (κ2) is 8.08. The molecule has 0 aliphatic carbocycles. The van der Waals surface area contributed by atoms with Crippen molar-refractivity contribution in [1.82, 2.24) is 10.6 Å². The number of urea groups is 1. The third kappa shape index (κ3) is 10.7. The number of aliphatic carboxylic acids is 1. The van der Waals surface area contributed by atoms with E-state index in [0.717, 1.165) is 6.42 Å². The summed E-state index contributed by atoms with van der Waals surface area (Å²) in [5.41, 5.74) is 0. The van der Waals surface area contributed by atoms with Gasteiger partial charge in [0.05, 0.1) is 0 Å². The monoisotopic (exact) mass is 216 g/mol. The molecule has 88 valence electrons. The van der Waals surface area contributed by atoms with Crippen LogP contribution in [0.15, 0.2) is 0 Å². The molecule has 5 heteroatoms. The summed E-state index contributed by atoms with van der Waals surface area (Å²) >= 11 is 0. The van der Waals surface area contributed by atoms with E-state index in [0.29, 0.717) is 25.4 Å². The molecule has 0 unspecified atom stereocenters. The van der Waals surface area contributed by atoms with E-state index >= 15 is 0 Å². The Bertz CT molecular complexity index is 205. The molecular weight excluding hydrogens is 196 g/mol. The van der Waals surface area contributed by atoms with Crippen molar-refractivity contribution in [1.29, 1.82) is 0 Å². The van der Waals surface area contributed by atoms with Gasteiger partial charge in [0.1, 0.15) is 0 Å². The lowest BCUT2D eigenvalue weighted by Gasteiger charge is -2.08. The molecular formula is C10H20N2O3. The van der Waals surface area contributed by atoms with Crippen molar-refractivity contribution in [3.63, 3.8) is 0 Å². The Morgan fingerprint density at radius 1 is 1.20 bits per heavy atom. The van der Waals surface area contributed by atoms with Gasteiger partial charge in [0.2, 0.25) is 0 Å². The summed E-state index contributed by atoms with van der Waals surface area (Å²) in [5, 5.41) is 13.7. The van der Waals surface area contributed by atoms with Gasteiger partial charge in [0, 0.05) is 19.5 Å². The minimum absolute atomic E-state index is 0.0896. The molecule has 0 aromatic heterocycles. The fourth-order valence-corrected chi connectivity index (χ4v) is 0.978. The summed E-state index contributed by atoms with van der Waals surface area (Å²) in [4.78, 5) is 21.3. The number of carboxylic acids is 1. The first-order valence-corrected chi connectivity index (χ1v) is 5.26. The van der Waals surface area contributed by atoms with Crippen LogP contribution < -0.4 is 10.6 Å². The van der Waals surface area contributed by atoms with E-state index in [-0.39, 0.29) is 12.5 Å². The molecule has 0 radical (unpaired) electrons. The van der Waals surface area contributed by atoms with Crippen LogP contribution in [0.5, 0.6) is 0 Å². The summed E-state index contributed by atoms with van der Waals surface area (Å²) in [6.07, 6.45) is 1.50. The summed E-state index contributed by atoms with van der Waals surface area (Å²) in [6.45, 7) is 5.24. The SMILES string of the molecule is CC(C)CCNC(=O)NCCCC(=O)O. The highest BCUT2D eigenvalue weighted by Crippen LogP contribution is 1.95. The Hall–Kier alpha value is -1.26. The van der Waals surface area contributed by atoms with E-state index in [1.54, 1.807) is 0 Å². The third-order valence-corrected chi connectivity index (χ3v) is 1.86. The Labute approximate surface area is 90.2 Å². The quantitative estimate of drug-likeness (QED) is 0.559. The van der Waals surface area contributed by atoms with Crippen LogP contribution in [-0.4, -0.2) is 30.2 Å². The summed E-state index contributed by atoms with van der Waals surface area (Å²) in [7, 11) is 0. The molecule has 0 aromatic carbocycles. The second-order valence-corrected chi connectivity index (χ2v) is 3.86. The largest absolute Gasteiger partial charge is 0.481 e. The van der Waals surface area contributed by atoms with Gasteiger partial charge < -0.3 is 15.7 Å². The number of carbonyl (C=O) groups is 2. The number of rotatable bonds is 7. The van der Waals surface area contributed by atoms with Gasteiger partial charge >= 0.3 is 12.0 Å². The van der Waals surface area contributed by atoms with Crippen molar-refractivity contribution in [3.05, 3.63) is 0 Å². The van der Waals surface area contributed by atoms with Crippen LogP contribution >= 0.6 is 0 Å². The van der Waals surface area contributed by atoms with E-state index in [9.17, 15) is 9.59 Å². The van der Waals surface area contributed by atoms with Crippen molar-refractivity contribution >= 4 is 12.0 Å². The Kier molecular flexibility index (Phi) is 7.40. The predicted octanol–water partition coefficient (Wildman–Crippen LogP) is 1.20. The highest BCUT2D eigenvalue weighted by atomic mass is 16.4. The predicted molar refractivity (Wildman–Crippen MR) is 57.7 cm³/mol. The van der Waals surface area contributed by atoms with Crippen molar-refractivity contribution in [2.75, 3.05) is 13.1 Å². The van der Waals surface area contributed by atoms with Gasteiger partial charge in [-0.15, -0.1) is 0 Å².